The first-order valence-electron chi connectivity index (χ1n) is 3.94. The van der Waals surface area contributed by atoms with Crippen LogP contribution in [0.5, 0.6) is 0 Å². The van der Waals surface area contributed by atoms with E-state index in [1.54, 1.807) is 6.92 Å². The van der Waals surface area contributed by atoms with Crippen molar-refractivity contribution >= 4 is 24.2 Å². The molecule has 1 aromatic rings. The highest BCUT2D eigenvalue weighted by atomic mass is 32.1. The van der Waals surface area contributed by atoms with Crippen molar-refractivity contribution < 1.29 is 13.6 Å². The first kappa shape index (κ1) is 11.0. The predicted octanol–water partition coefficient (Wildman–Crippen LogP) is 2.22. The van der Waals surface area contributed by atoms with E-state index in [4.69, 9.17) is 0 Å². The molecule has 0 saturated carbocycles. The molecular weight excluding hydrogens is 208 g/mol. The molecule has 1 aromatic carbocycles. The number of anilines is 1. The molecule has 2 nitrogen and oxygen atoms in total. The molecule has 0 bridgehead atoms. The highest BCUT2D eigenvalue weighted by molar-refractivity contribution is 7.81. The molecule has 0 fully saturated rings. The molecule has 0 saturated heterocycles. The monoisotopic (exact) mass is 217 g/mol. The third kappa shape index (κ3) is 2.70. The average Bonchev–Trinajstić information content (AvgIpc) is 2.11. The fourth-order valence-electron chi connectivity index (χ4n) is 0.821. The van der Waals surface area contributed by atoms with Gasteiger partial charge in [-0.15, -0.1) is 0 Å². The Morgan fingerprint density at radius 2 is 2.07 bits per heavy atom. The summed E-state index contributed by atoms with van der Waals surface area (Å²) in [5, 5.41) is 1.89. The second kappa shape index (κ2) is 4.41. The van der Waals surface area contributed by atoms with Gasteiger partial charge in [0.05, 0.1) is 5.25 Å². The Kier molecular flexibility index (Phi) is 3.46. The maximum absolute atomic E-state index is 12.7. The highest BCUT2D eigenvalue weighted by Gasteiger charge is 2.09. The zero-order valence-corrected chi connectivity index (χ0v) is 8.32. The predicted molar refractivity (Wildman–Crippen MR) is 53.4 cm³/mol. The summed E-state index contributed by atoms with van der Waals surface area (Å²) in [6, 6.07) is 3.16. The van der Waals surface area contributed by atoms with Crippen LogP contribution in [0.3, 0.4) is 0 Å². The lowest BCUT2D eigenvalue weighted by Gasteiger charge is -2.06. The number of halogens is 2. The molecule has 0 aliphatic carbocycles. The van der Waals surface area contributed by atoms with E-state index in [1.165, 1.54) is 6.07 Å². The number of benzene rings is 1. The first-order valence-corrected chi connectivity index (χ1v) is 4.46. The first-order chi connectivity index (χ1) is 6.50. The zero-order chi connectivity index (χ0) is 10.7. The van der Waals surface area contributed by atoms with E-state index in [0.29, 0.717) is 0 Å². The van der Waals surface area contributed by atoms with E-state index < -0.39 is 16.9 Å². The normalized spacial score (nSPS) is 12.3. The molecule has 1 N–H and O–H groups in total. The molecule has 0 aromatic heterocycles. The quantitative estimate of drug-likeness (QED) is 0.731. The molecule has 0 heterocycles. The van der Waals surface area contributed by atoms with Gasteiger partial charge in [0.1, 0.15) is 0 Å². The average molecular weight is 217 g/mol. The fraction of sp³-hybridized carbons (Fsp3) is 0.222. The minimum atomic E-state index is -0.991. The Labute approximate surface area is 85.7 Å². The third-order valence-electron chi connectivity index (χ3n) is 1.57. The van der Waals surface area contributed by atoms with Gasteiger partial charge < -0.3 is 5.32 Å². The van der Waals surface area contributed by atoms with Crippen molar-refractivity contribution in [1.82, 2.24) is 0 Å². The number of amides is 1. The summed E-state index contributed by atoms with van der Waals surface area (Å²) in [5.74, 6) is -2.30. The van der Waals surface area contributed by atoms with Gasteiger partial charge in [-0.05, 0) is 19.1 Å². The minimum Gasteiger partial charge on any atom is -0.325 e. The van der Waals surface area contributed by atoms with Crippen LogP contribution in [0.1, 0.15) is 6.92 Å². The summed E-state index contributed by atoms with van der Waals surface area (Å²) in [5.41, 5.74) is 0.217. The van der Waals surface area contributed by atoms with E-state index in [-0.39, 0.29) is 11.6 Å². The lowest BCUT2D eigenvalue weighted by atomic mass is 10.3. The maximum Gasteiger partial charge on any atom is 0.236 e. The van der Waals surface area contributed by atoms with Crippen molar-refractivity contribution in [3.63, 3.8) is 0 Å². The molecule has 0 spiro atoms. The topological polar surface area (TPSA) is 29.1 Å². The molecule has 5 heteroatoms. The molecule has 0 radical (unpaired) electrons. The van der Waals surface area contributed by atoms with E-state index >= 15 is 0 Å². The van der Waals surface area contributed by atoms with Crippen LogP contribution < -0.4 is 5.32 Å². The van der Waals surface area contributed by atoms with Crippen molar-refractivity contribution in [1.29, 1.82) is 0 Å². The summed E-state index contributed by atoms with van der Waals surface area (Å²) >= 11 is 3.89. The second-order valence-electron chi connectivity index (χ2n) is 2.79. The molecule has 1 unspecified atom stereocenters. The van der Waals surface area contributed by atoms with E-state index in [0.717, 1.165) is 12.1 Å². The zero-order valence-electron chi connectivity index (χ0n) is 7.42. The van der Waals surface area contributed by atoms with Gasteiger partial charge in [0.2, 0.25) is 5.91 Å². The molecule has 14 heavy (non-hydrogen) atoms. The van der Waals surface area contributed by atoms with E-state index in [9.17, 15) is 13.6 Å². The molecule has 1 atom stereocenters. The molecule has 0 aliphatic heterocycles. The van der Waals surface area contributed by atoms with Gasteiger partial charge in [-0.3, -0.25) is 4.79 Å². The van der Waals surface area contributed by atoms with Crippen molar-refractivity contribution in [3.05, 3.63) is 29.8 Å². The van der Waals surface area contributed by atoms with Gasteiger partial charge >= 0.3 is 0 Å². The number of hydrogen-bond acceptors (Lipinski definition) is 2. The van der Waals surface area contributed by atoms with Gasteiger partial charge in [-0.2, -0.15) is 12.6 Å². The van der Waals surface area contributed by atoms with Crippen LogP contribution in [-0.4, -0.2) is 11.2 Å². The summed E-state index contributed by atoms with van der Waals surface area (Å²) in [6.45, 7) is 1.58. The summed E-state index contributed by atoms with van der Waals surface area (Å²) in [4.78, 5) is 11.1. The number of thiol groups is 1. The Morgan fingerprint density at radius 1 is 1.43 bits per heavy atom. The molecular formula is C9H9F2NOS. The van der Waals surface area contributed by atoms with Crippen LogP contribution >= 0.6 is 12.6 Å². The Balaban J connectivity index is 2.78. The smallest absolute Gasteiger partial charge is 0.236 e. The minimum absolute atomic E-state index is 0.217. The number of rotatable bonds is 2. The summed E-state index contributed by atoms with van der Waals surface area (Å²) in [7, 11) is 0. The van der Waals surface area contributed by atoms with Crippen molar-refractivity contribution in [2.24, 2.45) is 0 Å². The van der Waals surface area contributed by atoms with Crippen LogP contribution in [0.4, 0.5) is 14.5 Å². The van der Waals surface area contributed by atoms with Gasteiger partial charge in [-0.25, -0.2) is 8.78 Å². The van der Waals surface area contributed by atoms with Gasteiger partial charge in [-0.1, -0.05) is 0 Å². The van der Waals surface area contributed by atoms with Crippen LogP contribution in [0.2, 0.25) is 0 Å². The van der Waals surface area contributed by atoms with Gasteiger partial charge in [0, 0.05) is 11.8 Å². The van der Waals surface area contributed by atoms with E-state index in [1.807, 2.05) is 0 Å². The fourth-order valence-corrected chi connectivity index (χ4v) is 0.885. The van der Waals surface area contributed by atoms with Gasteiger partial charge in [0.15, 0.2) is 11.6 Å². The molecule has 1 rings (SSSR count). The van der Waals surface area contributed by atoms with Crippen molar-refractivity contribution in [2.45, 2.75) is 12.2 Å². The van der Waals surface area contributed by atoms with Gasteiger partial charge in [0.25, 0.3) is 0 Å². The highest BCUT2D eigenvalue weighted by Crippen LogP contribution is 2.13. The Bertz CT molecular complexity index is 355. The SMILES string of the molecule is CC(S)C(=O)Nc1ccc(F)c(F)c1. The van der Waals surface area contributed by atoms with Crippen molar-refractivity contribution in [2.75, 3.05) is 5.32 Å². The third-order valence-corrected chi connectivity index (χ3v) is 1.80. The van der Waals surface area contributed by atoms with E-state index in [2.05, 4.69) is 17.9 Å². The van der Waals surface area contributed by atoms with Crippen LogP contribution in [0, 0.1) is 11.6 Å². The maximum atomic E-state index is 12.7. The standard InChI is InChI=1S/C9H9F2NOS/c1-5(14)9(13)12-6-2-3-7(10)8(11)4-6/h2-5,14H,1H3,(H,12,13). The van der Waals surface area contributed by atoms with Crippen LogP contribution in [-0.2, 0) is 4.79 Å². The van der Waals surface area contributed by atoms with Crippen LogP contribution in [0.25, 0.3) is 0 Å². The molecule has 76 valence electrons. The second-order valence-corrected chi connectivity index (χ2v) is 3.57. The number of carbonyl (C=O) groups is 1. The summed E-state index contributed by atoms with van der Waals surface area (Å²) < 4.78 is 25.2. The largest absolute Gasteiger partial charge is 0.325 e. The molecule has 1 amide bonds. The molecule has 0 aliphatic rings. The van der Waals surface area contributed by atoms with Crippen LogP contribution in [0.15, 0.2) is 18.2 Å². The summed E-state index contributed by atoms with van der Waals surface area (Å²) in [6.07, 6.45) is 0. The Hall–Kier alpha value is -1.10. The lowest BCUT2D eigenvalue weighted by Crippen LogP contribution is -2.20. The number of hydrogen-bond donors (Lipinski definition) is 2. The Morgan fingerprint density at radius 3 is 2.57 bits per heavy atom. The number of nitrogens with one attached hydrogen (secondary N) is 1. The number of carbonyl (C=O) groups excluding carboxylic acids is 1. The van der Waals surface area contributed by atoms with Crippen molar-refractivity contribution in [3.8, 4) is 0 Å². The lowest BCUT2D eigenvalue weighted by molar-refractivity contribution is -0.115.